The van der Waals surface area contributed by atoms with Gasteiger partial charge in [-0.2, -0.15) is 14.0 Å². The highest BCUT2D eigenvalue weighted by Gasteiger charge is 1.98. The molecule has 0 fully saturated rings. The third kappa shape index (κ3) is 30.5. The molecule has 0 spiro atoms. The molecule has 9 nitrogen and oxygen atoms in total. The number of aliphatic hydroxyl groups excluding tert-OH is 1. The molecular weight excluding hydrogens is 220 g/mol. The van der Waals surface area contributed by atoms with Gasteiger partial charge >= 0.3 is 0 Å². The van der Waals surface area contributed by atoms with Crippen molar-refractivity contribution in [3.05, 3.63) is 12.7 Å². The van der Waals surface area contributed by atoms with Crippen molar-refractivity contribution in [3.8, 4) is 0 Å². The first-order valence-electron chi connectivity index (χ1n) is 3.15. The molecule has 1 aromatic rings. The normalized spacial score (nSPS) is 9.29. The largest absolute Gasteiger partial charge is 0.397 e. The predicted molar refractivity (Wildman–Crippen MR) is 35.2 cm³/mol. The van der Waals surface area contributed by atoms with Gasteiger partial charge in [0.2, 0.25) is 0 Å². The zero-order chi connectivity index (χ0) is 11.6. The molecule has 0 saturated heterocycles. The van der Waals surface area contributed by atoms with E-state index < -0.39 is 10.2 Å². The van der Waals surface area contributed by atoms with Gasteiger partial charge in [0.15, 0.2) is 0 Å². The quantitative estimate of drug-likeness (QED) is 0.372. The third-order valence-corrected chi connectivity index (χ3v) is 0.437. The maximum Gasteiger partial charge on any atom is 0.138 e. The van der Waals surface area contributed by atoms with Gasteiger partial charge in [0.05, 0.1) is 14.9 Å². The summed E-state index contributed by atoms with van der Waals surface area (Å²) in [6.45, 7) is 1.93. The summed E-state index contributed by atoms with van der Waals surface area (Å²) in [4.78, 5) is 0. The third-order valence-electron chi connectivity index (χ3n) is 0.437. The Morgan fingerprint density at radius 3 is 1.64 bits per heavy atom. The van der Waals surface area contributed by atoms with Crippen molar-refractivity contribution in [3.63, 3.8) is 0 Å². The Hall–Kier alpha value is -0.970. The van der Waals surface area contributed by atoms with Crippen LogP contribution in [0.2, 0.25) is 0 Å². The lowest BCUT2D eigenvalue weighted by molar-refractivity contribution is -1.92. The topological polar surface area (TPSA) is 166 Å². The molecule has 0 saturated carbocycles. The first kappa shape index (κ1) is 15.5. The van der Waals surface area contributed by atoms with Gasteiger partial charge in [-0.1, -0.05) is 0 Å². The number of rotatable bonds is 0. The first-order valence-corrected chi connectivity index (χ1v) is 4.41. The monoisotopic (exact) mass is 230 g/mol. The lowest BCUT2D eigenvalue weighted by Gasteiger charge is -2.03. The number of nitrogens with zero attached hydrogens (tertiary/aromatic N) is 3. The van der Waals surface area contributed by atoms with E-state index in [0.29, 0.717) is 0 Å². The molecule has 0 bridgehead atoms. The molecule has 14 heavy (non-hydrogen) atoms. The molecule has 0 aromatic carbocycles. The fraction of sp³-hybridized carbons (Fsp3) is 0.500. The average molecular weight is 231 g/mol. The molecule has 0 atom stereocenters. The summed E-state index contributed by atoms with van der Waals surface area (Å²) in [5, 5.41) is 14.4. The van der Waals surface area contributed by atoms with Crippen molar-refractivity contribution in [2.45, 2.75) is 6.92 Å². The van der Waals surface area contributed by atoms with Crippen LogP contribution in [0, 0.1) is 10.2 Å². The molecule has 0 aliphatic heterocycles. The highest BCUT2D eigenvalue weighted by molar-refractivity contribution is 4.55. The van der Waals surface area contributed by atoms with E-state index in [9.17, 15) is 0 Å². The van der Waals surface area contributed by atoms with Crippen molar-refractivity contribution in [2.24, 2.45) is 0 Å². The van der Waals surface area contributed by atoms with Crippen LogP contribution in [0.5, 0.6) is 0 Å². The Labute approximate surface area is 81.7 Å². The van der Waals surface area contributed by atoms with E-state index in [1.165, 1.54) is 17.3 Å². The zero-order valence-corrected chi connectivity index (χ0v) is 8.03. The SMILES string of the molecule is CCO.Nn1cnnc1.[O-][Cl+3]([O-])([O-])O. The minimum Gasteiger partial charge on any atom is -0.397 e. The van der Waals surface area contributed by atoms with Crippen molar-refractivity contribution in [1.82, 2.24) is 14.9 Å². The van der Waals surface area contributed by atoms with Gasteiger partial charge < -0.3 is 10.9 Å². The number of aromatic nitrogens is 3. The minimum atomic E-state index is -4.69. The fourth-order valence-electron chi connectivity index (χ4n) is 0.209. The fourth-order valence-corrected chi connectivity index (χ4v) is 0.209. The highest BCUT2D eigenvalue weighted by Crippen LogP contribution is 1.62. The molecule has 1 rings (SSSR count). The summed E-state index contributed by atoms with van der Waals surface area (Å²) < 4.78 is 34.0. The van der Waals surface area contributed by atoms with E-state index in [0.717, 1.165) is 0 Å². The summed E-state index contributed by atoms with van der Waals surface area (Å²) in [6, 6.07) is 0. The van der Waals surface area contributed by atoms with E-state index in [1.54, 1.807) is 6.92 Å². The number of hydrogen-bond acceptors (Lipinski definition) is 8. The number of nitrogen functional groups attached to an aromatic ring is 1. The summed E-state index contributed by atoms with van der Waals surface area (Å²) >= 11 is 0. The standard InChI is InChI=1S/C2H4N4.C2H6O.ClHO4/c3-6-1-4-5-2-6;1-2-3;2-1(3,4)5/h1-2H,3H2;3H,2H2,1H3;(H,2,3,4,5). The van der Waals surface area contributed by atoms with Crippen molar-refractivity contribution >= 4 is 0 Å². The Bertz CT molecular complexity index is 194. The van der Waals surface area contributed by atoms with Gasteiger partial charge in [-0.05, 0) is 6.92 Å². The molecule has 4 N–H and O–H groups in total. The average Bonchev–Trinajstić information content (AvgIpc) is 2.37. The second-order valence-electron chi connectivity index (χ2n) is 1.62. The second-order valence-corrected chi connectivity index (χ2v) is 2.41. The molecule has 84 valence electrons. The lowest BCUT2D eigenvalue weighted by Crippen LogP contribution is -2.58. The lowest BCUT2D eigenvalue weighted by atomic mass is 10.9. The van der Waals surface area contributed by atoms with Crippen LogP contribution in [0.1, 0.15) is 6.92 Å². The highest BCUT2D eigenvalue weighted by atomic mass is 35.7. The summed E-state index contributed by atoms with van der Waals surface area (Å²) in [5.41, 5.74) is 0. The van der Waals surface area contributed by atoms with Crippen LogP contribution in [0.25, 0.3) is 0 Å². The van der Waals surface area contributed by atoms with Crippen LogP contribution in [0.3, 0.4) is 0 Å². The van der Waals surface area contributed by atoms with Crippen LogP contribution in [0.4, 0.5) is 0 Å². The van der Waals surface area contributed by atoms with Crippen LogP contribution < -0.4 is 19.8 Å². The molecule has 0 amide bonds. The minimum absolute atomic E-state index is 0.250. The maximum absolute atomic E-state index is 8.60. The molecule has 0 aliphatic rings. The molecule has 0 aliphatic carbocycles. The molecule has 0 unspecified atom stereocenters. The number of halogens is 1. The summed E-state index contributed by atoms with van der Waals surface area (Å²) in [5.74, 6) is 5.07. The summed E-state index contributed by atoms with van der Waals surface area (Å²) in [7, 11) is -4.69. The van der Waals surface area contributed by atoms with Crippen molar-refractivity contribution in [1.29, 1.82) is 0 Å². The Morgan fingerprint density at radius 2 is 1.57 bits per heavy atom. The predicted octanol–water partition coefficient (Wildman–Crippen LogP) is -5.13. The number of hydrogen-bond donors (Lipinski definition) is 3. The van der Waals surface area contributed by atoms with Crippen LogP contribution in [-0.4, -0.2) is 31.2 Å². The van der Waals surface area contributed by atoms with Crippen molar-refractivity contribution < 1.29 is 34.0 Å². The van der Waals surface area contributed by atoms with Crippen LogP contribution >= 0.6 is 0 Å². The van der Waals surface area contributed by atoms with Crippen LogP contribution in [0.15, 0.2) is 12.7 Å². The Morgan fingerprint density at radius 1 is 1.36 bits per heavy atom. The van der Waals surface area contributed by atoms with Gasteiger partial charge in [-0.3, -0.25) is 0 Å². The molecule has 10 heteroatoms. The van der Waals surface area contributed by atoms with Crippen LogP contribution in [-0.2, 0) is 0 Å². The maximum atomic E-state index is 8.60. The number of aliphatic hydroxyl groups is 1. The van der Waals surface area contributed by atoms with E-state index in [4.69, 9.17) is 29.6 Å². The molecular formula is C4H11ClN4O5. The Kier molecular flexibility index (Phi) is 9.54. The van der Waals surface area contributed by atoms with E-state index in [-0.39, 0.29) is 6.61 Å². The first-order chi connectivity index (χ1) is 6.31. The second kappa shape index (κ2) is 8.62. The summed E-state index contributed by atoms with van der Waals surface area (Å²) in [6.07, 6.45) is 2.83. The van der Waals surface area contributed by atoms with Gasteiger partial charge in [-0.25, -0.2) is 4.68 Å². The van der Waals surface area contributed by atoms with Gasteiger partial charge in [0.25, 0.3) is 0 Å². The zero-order valence-electron chi connectivity index (χ0n) is 7.28. The van der Waals surface area contributed by atoms with Gasteiger partial charge in [-0.15, -0.1) is 10.2 Å². The van der Waals surface area contributed by atoms with E-state index in [2.05, 4.69) is 10.2 Å². The molecule has 0 radical (unpaired) electrons. The Balaban J connectivity index is 0. The smallest absolute Gasteiger partial charge is 0.138 e. The molecule has 1 heterocycles. The van der Waals surface area contributed by atoms with E-state index in [1.807, 2.05) is 0 Å². The van der Waals surface area contributed by atoms with Crippen molar-refractivity contribution in [2.75, 3.05) is 12.4 Å². The molecule has 1 aromatic heterocycles. The van der Waals surface area contributed by atoms with E-state index >= 15 is 0 Å². The van der Waals surface area contributed by atoms with Gasteiger partial charge in [0, 0.05) is 6.61 Å². The number of nitrogens with two attached hydrogens (primary N) is 1. The van der Waals surface area contributed by atoms with Gasteiger partial charge in [0.1, 0.15) is 12.7 Å².